The number of para-hydroxylation sites is 11. The average molecular weight is 1710 g/mol. The summed E-state index contributed by atoms with van der Waals surface area (Å²) >= 11 is 0. The third-order valence-corrected chi connectivity index (χ3v) is 27.7. The zero-order chi connectivity index (χ0) is 88.9. The molecule has 9 heterocycles. The van der Waals surface area contributed by atoms with E-state index in [1.165, 1.54) is 215 Å². The number of benzene rings is 20. The molecule has 25 aromatic rings. The van der Waals surface area contributed by atoms with Crippen LogP contribution in [0.3, 0.4) is 0 Å². The van der Waals surface area contributed by atoms with Gasteiger partial charge in [-0.2, -0.15) is 0 Å². The van der Waals surface area contributed by atoms with Crippen LogP contribution in [0.25, 0.3) is 160 Å². The summed E-state index contributed by atoms with van der Waals surface area (Å²) in [5.74, 6) is 1.16. The summed E-state index contributed by atoms with van der Waals surface area (Å²) < 4.78 is 9.26. The van der Waals surface area contributed by atoms with E-state index >= 15 is 0 Å². The lowest BCUT2D eigenvalue weighted by Crippen LogP contribution is -2.61. The van der Waals surface area contributed by atoms with Crippen LogP contribution in [0.15, 0.2) is 479 Å². The van der Waals surface area contributed by atoms with Crippen molar-refractivity contribution in [2.75, 3.05) is 0 Å². The van der Waals surface area contributed by atoms with Crippen LogP contribution in [-0.2, 0) is 32.7 Å². The average Bonchev–Trinajstić information content (AvgIpc) is 1.47. The van der Waals surface area contributed by atoms with Crippen LogP contribution in [0.1, 0.15) is 44.8 Å². The summed E-state index contributed by atoms with van der Waals surface area (Å²) in [5.41, 5.74) is 43.9. The summed E-state index contributed by atoms with van der Waals surface area (Å²) in [4.78, 5) is 8.05. The largest absolute Gasteiger partial charge is 0.355 e. The van der Waals surface area contributed by atoms with Crippen LogP contribution in [0, 0.1) is 0 Å². The Hall–Kier alpha value is -16.8. The lowest BCUT2D eigenvalue weighted by molar-refractivity contribution is 1.01. The minimum atomic E-state index is 0.436. The molecule has 631 valence electrons. The molecule has 0 unspecified atom stereocenters. The number of rotatable bonds is 2. The standard InChI is InChI=1S/C30H20N2.C24H16.C20H15B.C14H10N2.C13H10B.C13H11N.C12H9N/c1-5-16-27-23(12-1)24-13-2-6-17-28(24)31(27)21-10-9-11-22(20-21)32-29-18-7-3-14-25(29)26-15-4-8-19-30(26)32;1-2-10-18-17(9-1)19-11-3-4-13-21(19)23-15-7-8-16-24(23)22-14-6-5-12-20(18)22;1-3-10-18-14(6-1)12-16-8-5-9-17-13-15-7-2-4-11-19(15)21(18)20(16)17;1-3-7-12-10(5-1)9-14-15-11-6-2-4-8-13(11)16(12)14;1-3-7-12-10(5-1)9-11-6-2-4-8-13(11)14-12;1-14-12-8-4-2-6-10(12)11-7-3-5-9-13(11)14;1-3-7-11-9(5-1)10-6-2-4-8-12(10)13-11/h1-20H;1-16H;1-11H,12-13H2;1-8H,9H2;1-8H,9H2;2-9H,1H3;1-8,13H. The molecule has 0 fully saturated rings. The van der Waals surface area contributed by atoms with Gasteiger partial charge in [0.15, 0.2) is 7.28 Å². The number of aromatic amines is 1. The topological polar surface area (TPSA) is 48.4 Å². The van der Waals surface area contributed by atoms with Crippen LogP contribution >= 0.6 is 0 Å². The van der Waals surface area contributed by atoms with Gasteiger partial charge in [0.05, 0.1) is 38.8 Å². The van der Waals surface area contributed by atoms with E-state index in [4.69, 9.17) is 0 Å². The van der Waals surface area contributed by atoms with Gasteiger partial charge in [0, 0.05) is 90.0 Å². The molecular weight excluding hydrogens is 1620 g/mol. The Kier molecular flexibility index (Phi) is 21.0. The van der Waals surface area contributed by atoms with Crippen LogP contribution in [-0.4, -0.2) is 42.2 Å². The highest BCUT2D eigenvalue weighted by molar-refractivity contribution is 6.97. The molecule has 30 rings (SSSR count). The second kappa shape index (κ2) is 34.9. The van der Waals surface area contributed by atoms with Crippen molar-refractivity contribution in [2.24, 2.45) is 7.05 Å². The Bertz CT molecular complexity index is 8030. The van der Waals surface area contributed by atoms with Crippen LogP contribution < -0.4 is 27.3 Å². The number of aryl methyl sites for hydroxylation is 1. The predicted molar refractivity (Wildman–Crippen MR) is 567 cm³/mol. The summed E-state index contributed by atoms with van der Waals surface area (Å²) in [6.07, 6.45) is 4.18. The Balaban J connectivity index is 0.0000000879. The number of aromatic nitrogens is 6. The maximum Gasteiger partial charge on any atom is 0.242 e. The first kappa shape index (κ1) is 80.5. The van der Waals surface area contributed by atoms with Gasteiger partial charge >= 0.3 is 0 Å². The molecule has 134 heavy (non-hydrogen) atoms. The highest BCUT2D eigenvalue weighted by Gasteiger charge is 2.36. The Morgan fingerprint density at radius 2 is 0.537 bits per heavy atom. The maximum absolute atomic E-state index is 4.67. The minimum Gasteiger partial charge on any atom is -0.355 e. The highest BCUT2D eigenvalue weighted by atomic mass is 15.1. The fourth-order valence-corrected chi connectivity index (χ4v) is 21.6. The van der Waals surface area contributed by atoms with Crippen LogP contribution in [0.2, 0.25) is 0 Å². The first-order valence-electron chi connectivity index (χ1n) is 46.6. The molecule has 0 amide bonds. The fraction of sp³-hybridized carbons (Fsp3) is 0.0397. The second-order valence-electron chi connectivity index (χ2n) is 35.3. The van der Waals surface area contributed by atoms with Crippen molar-refractivity contribution in [3.63, 3.8) is 0 Å². The van der Waals surface area contributed by atoms with Crippen molar-refractivity contribution in [1.82, 2.24) is 28.2 Å². The van der Waals surface area contributed by atoms with Gasteiger partial charge in [0.25, 0.3) is 0 Å². The van der Waals surface area contributed by atoms with Gasteiger partial charge in [0.2, 0.25) is 6.71 Å². The SMILES string of the molecule is Cn1c2ccccc2c2ccccc21.[B]1c2ccccc2Cc2ccccc21.c1cc(-n2c3ccccc3c3ccccc32)cc(-n2c3ccccc3c3ccccc32)c1.c1ccc2c(c1)-c1ccccc1-c1ccccc1-c1ccccc1-2.c1ccc2c(c1)Cc1cccc3c1B2c1ccccc1C3.c1ccc2c(c1)Cc1nc3ccccc3n1-2.c1ccc2c(c1)[nH]c1ccccc12. The van der Waals surface area contributed by atoms with E-state index < -0.39 is 0 Å². The van der Waals surface area contributed by atoms with Gasteiger partial charge in [-0.15, -0.1) is 0 Å². The number of fused-ring (bicyclic) bond motifs is 31. The third-order valence-electron chi connectivity index (χ3n) is 27.7. The zero-order valence-corrected chi connectivity index (χ0v) is 74.3. The Morgan fingerprint density at radius 3 is 0.963 bits per heavy atom. The van der Waals surface area contributed by atoms with E-state index in [0.29, 0.717) is 6.71 Å². The molecule has 5 aromatic heterocycles. The lowest BCUT2D eigenvalue weighted by atomic mass is 9.30. The Morgan fingerprint density at radius 1 is 0.239 bits per heavy atom. The van der Waals surface area contributed by atoms with Crippen LogP contribution in [0.5, 0.6) is 0 Å². The summed E-state index contributed by atoms with van der Waals surface area (Å²) in [6, 6.07) is 171. The van der Waals surface area contributed by atoms with Gasteiger partial charge in [-0.25, -0.2) is 4.98 Å². The van der Waals surface area contributed by atoms with E-state index in [1.807, 2.05) is 6.07 Å². The monoisotopic (exact) mass is 1710 g/mol. The Labute approximate surface area is 780 Å². The molecule has 1 N–H and O–H groups in total. The van der Waals surface area contributed by atoms with Crippen molar-refractivity contribution < 1.29 is 0 Å². The molecule has 0 bridgehead atoms. The lowest BCUT2D eigenvalue weighted by Gasteiger charge is -2.33. The minimum absolute atomic E-state index is 0.436. The number of imidazole rings is 1. The van der Waals surface area contributed by atoms with Crippen LogP contribution in [0.4, 0.5) is 0 Å². The third kappa shape index (κ3) is 14.6. The molecule has 6 nitrogen and oxygen atoms in total. The van der Waals surface area contributed by atoms with Crippen molar-refractivity contribution in [1.29, 1.82) is 0 Å². The first-order chi connectivity index (χ1) is 66.4. The molecule has 4 aliphatic heterocycles. The molecule has 1 radical (unpaired) electrons. The molecule has 5 aliphatic rings. The number of H-pyrrole nitrogens is 1. The number of nitrogens with zero attached hydrogens (tertiary/aromatic N) is 5. The van der Waals surface area contributed by atoms with Gasteiger partial charge in [-0.3, -0.25) is 4.57 Å². The van der Waals surface area contributed by atoms with Gasteiger partial charge < -0.3 is 18.7 Å². The molecule has 1 aliphatic carbocycles. The van der Waals surface area contributed by atoms with Crippen molar-refractivity contribution in [3.05, 3.63) is 524 Å². The van der Waals surface area contributed by atoms with Gasteiger partial charge in [0.1, 0.15) is 5.82 Å². The normalized spacial score (nSPS) is 12.1. The molecular formula is C126H91B2N6. The smallest absolute Gasteiger partial charge is 0.242 e. The molecule has 0 saturated heterocycles. The number of nitrogens with one attached hydrogen (secondary N) is 1. The quantitative estimate of drug-likeness (QED) is 0.172. The molecule has 0 saturated carbocycles. The zero-order valence-electron chi connectivity index (χ0n) is 74.3. The number of hydrogen-bond acceptors (Lipinski definition) is 1. The fourth-order valence-electron chi connectivity index (χ4n) is 21.6. The van der Waals surface area contributed by atoms with Gasteiger partial charge in [-0.05, 0) is 188 Å². The summed E-state index contributed by atoms with van der Waals surface area (Å²) in [5, 5.41) is 10.4. The van der Waals surface area contributed by atoms with E-state index in [9.17, 15) is 0 Å². The van der Waals surface area contributed by atoms with Gasteiger partial charge in [-0.1, -0.05) is 422 Å². The van der Waals surface area contributed by atoms with E-state index in [1.54, 1.807) is 5.46 Å². The van der Waals surface area contributed by atoms with Crippen molar-refractivity contribution >= 4 is 140 Å². The molecule has 0 atom stereocenters. The van der Waals surface area contributed by atoms with E-state index in [0.717, 1.165) is 37.0 Å². The molecule has 20 aromatic carbocycles. The maximum atomic E-state index is 4.67. The molecule has 0 spiro atoms. The summed E-state index contributed by atoms with van der Waals surface area (Å²) in [6.45, 7) is 0.436. The van der Waals surface area contributed by atoms with Crippen molar-refractivity contribution in [3.8, 4) is 61.6 Å². The summed E-state index contributed by atoms with van der Waals surface area (Å²) in [7, 11) is 4.39. The highest BCUT2D eigenvalue weighted by Crippen LogP contribution is 2.48. The number of hydrogen-bond donors (Lipinski definition) is 1. The predicted octanol–water partition coefficient (Wildman–Crippen LogP) is 27.4. The second-order valence-corrected chi connectivity index (χ2v) is 35.3. The van der Waals surface area contributed by atoms with Crippen molar-refractivity contribution in [2.45, 2.75) is 25.7 Å². The van der Waals surface area contributed by atoms with E-state index in [2.05, 4.69) is 516 Å². The molecule has 8 heteroatoms. The van der Waals surface area contributed by atoms with E-state index in [-0.39, 0.29) is 0 Å². The first-order valence-corrected chi connectivity index (χ1v) is 46.6.